The van der Waals surface area contributed by atoms with Gasteiger partial charge >= 0.3 is 0 Å². The average Bonchev–Trinajstić information content (AvgIpc) is 3.84. The van der Waals surface area contributed by atoms with Gasteiger partial charge in [-0.3, -0.25) is 13.7 Å². The maximum atomic E-state index is 12.6. The molecule has 0 atom stereocenters. The molecule has 0 radical (unpaired) electrons. The molecule has 0 unspecified atom stereocenters. The van der Waals surface area contributed by atoms with Crippen LogP contribution in [0.1, 0.15) is 11.1 Å². The largest absolute Gasteiger partial charge is 0.397 e. The van der Waals surface area contributed by atoms with Gasteiger partial charge in [-0.15, -0.1) is 32.9 Å². The van der Waals surface area contributed by atoms with Crippen LogP contribution in [0, 0.1) is 13.8 Å². The lowest BCUT2D eigenvalue weighted by molar-refractivity contribution is 0.481. The molecule has 0 saturated heterocycles. The maximum Gasteiger partial charge on any atom is 0.296 e. The predicted molar refractivity (Wildman–Crippen MR) is 238 cm³/mol. The lowest BCUT2D eigenvalue weighted by Gasteiger charge is -2.12. The Balaban J connectivity index is 1.06. The van der Waals surface area contributed by atoms with Crippen LogP contribution < -0.4 is 11.5 Å². The number of thiazole rings is 2. The molecule has 0 amide bonds. The van der Waals surface area contributed by atoms with Crippen LogP contribution in [-0.2, 0) is 30.4 Å². The maximum absolute atomic E-state index is 12.6. The van der Waals surface area contributed by atoms with Crippen LogP contribution >= 0.6 is 22.7 Å². The van der Waals surface area contributed by atoms with Gasteiger partial charge in [-0.1, -0.05) is 18.2 Å². The van der Waals surface area contributed by atoms with Crippen molar-refractivity contribution in [3.63, 3.8) is 0 Å². The molecule has 8 rings (SSSR count). The van der Waals surface area contributed by atoms with Crippen LogP contribution in [0.15, 0.2) is 138 Å². The summed E-state index contributed by atoms with van der Waals surface area (Å²) in [6, 6.07) is 26.8. The first-order valence-corrected chi connectivity index (χ1v) is 23.8. The van der Waals surface area contributed by atoms with Gasteiger partial charge in [0.15, 0.2) is 0 Å². The summed E-state index contributed by atoms with van der Waals surface area (Å²) in [5.41, 5.74) is 16.8. The number of aryl methyl sites for hydroxylation is 2. The Labute approximate surface area is 361 Å². The number of hydrogen-bond acceptors (Lipinski definition) is 16. The Kier molecular flexibility index (Phi) is 10.8. The minimum Gasteiger partial charge on any atom is -0.397 e. The van der Waals surface area contributed by atoms with Crippen LogP contribution in [0.3, 0.4) is 0 Å². The van der Waals surface area contributed by atoms with E-state index in [1.54, 1.807) is 86.6 Å². The summed E-state index contributed by atoms with van der Waals surface area (Å²) in [5.74, 6) is 0. The highest BCUT2D eigenvalue weighted by Gasteiger charge is 2.23. The third kappa shape index (κ3) is 8.44. The SMILES string of the molecule is Cc1ccc2nc(-c3ccc(N=Nc4cc(-c5cc(N=Nc6ccc(-c7nc8ccc(C)c(S(=O)(=O)O)c8s7)cc6)c(N)cc5S(=O)(=O)O)ccc4N)cc3)sc2c1S(=O)(=O)O. The summed E-state index contributed by atoms with van der Waals surface area (Å²) in [5, 5.41) is 18.1. The van der Waals surface area contributed by atoms with Gasteiger partial charge in [0.05, 0.1) is 43.2 Å². The van der Waals surface area contributed by atoms with Crippen LogP contribution in [0.4, 0.5) is 34.1 Å². The lowest BCUT2D eigenvalue weighted by Crippen LogP contribution is -2.02. The molecule has 314 valence electrons. The van der Waals surface area contributed by atoms with Gasteiger partial charge in [0.25, 0.3) is 30.4 Å². The summed E-state index contributed by atoms with van der Waals surface area (Å²) in [6.45, 7) is 3.17. The summed E-state index contributed by atoms with van der Waals surface area (Å²) in [4.78, 5) is 8.19. The highest BCUT2D eigenvalue weighted by atomic mass is 32.2. The molecule has 0 saturated carbocycles. The predicted octanol–water partition coefficient (Wildman–Crippen LogP) is 10.3. The number of hydrogen-bond donors (Lipinski definition) is 5. The molecule has 0 aliphatic rings. The quantitative estimate of drug-likeness (QED) is 0.0485. The van der Waals surface area contributed by atoms with Crippen molar-refractivity contribution in [2.24, 2.45) is 20.5 Å². The van der Waals surface area contributed by atoms with E-state index in [0.29, 0.717) is 64.1 Å². The zero-order valence-corrected chi connectivity index (χ0v) is 36.1. The van der Waals surface area contributed by atoms with E-state index in [0.717, 1.165) is 28.7 Å². The van der Waals surface area contributed by atoms with E-state index in [4.69, 9.17) is 11.5 Å². The number of fused-ring (bicyclic) bond motifs is 2. The van der Waals surface area contributed by atoms with Crippen LogP contribution in [0.2, 0.25) is 0 Å². The molecule has 2 aromatic heterocycles. The first-order chi connectivity index (χ1) is 29.2. The molecule has 2 heterocycles. The Hall–Kier alpha value is -6.37. The lowest BCUT2D eigenvalue weighted by atomic mass is 10.0. The van der Waals surface area contributed by atoms with Gasteiger partial charge in [-0.25, -0.2) is 9.97 Å². The molecular formula is C40H30N8O9S5. The molecular weight excluding hydrogens is 897 g/mol. The number of nitrogens with two attached hydrogens (primary N) is 2. The van der Waals surface area contributed by atoms with E-state index in [2.05, 4.69) is 30.4 Å². The number of aromatic nitrogens is 2. The molecule has 6 aromatic carbocycles. The van der Waals surface area contributed by atoms with Crippen molar-refractivity contribution in [1.29, 1.82) is 0 Å². The van der Waals surface area contributed by atoms with Gasteiger partial charge in [0.2, 0.25) is 0 Å². The minimum absolute atomic E-state index is 0.0188. The van der Waals surface area contributed by atoms with Crippen molar-refractivity contribution in [1.82, 2.24) is 9.97 Å². The van der Waals surface area contributed by atoms with Crippen LogP contribution in [-0.4, -0.2) is 48.9 Å². The van der Waals surface area contributed by atoms with Crippen molar-refractivity contribution in [2.45, 2.75) is 28.5 Å². The molecule has 0 fully saturated rings. The normalized spacial score (nSPS) is 12.7. The second-order valence-electron chi connectivity index (χ2n) is 13.8. The van der Waals surface area contributed by atoms with Gasteiger partial charge in [-0.05, 0) is 115 Å². The fraction of sp³-hybridized carbons (Fsp3) is 0.0500. The number of rotatable bonds is 10. The summed E-state index contributed by atoms with van der Waals surface area (Å²) < 4.78 is 104. The second-order valence-corrected chi connectivity index (χ2v) is 19.9. The van der Waals surface area contributed by atoms with Crippen molar-refractivity contribution in [2.75, 3.05) is 11.5 Å². The summed E-state index contributed by atoms with van der Waals surface area (Å²) in [7, 11) is -13.8. The van der Waals surface area contributed by atoms with Crippen molar-refractivity contribution >= 4 is 108 Å². The molecule has 0 aliphatic carbocycles. The van der Waals surface area contributed by atoms with E-state index >= 15 is 0 Å². The molecule has 17 nitrogen and oxygen atoms in total. The van der Waals surface area contributed by atoms with E-state index in [9.17, 15) is 38.9 Å². The van der Waals surface area contributed by atoms with Crippen molar-refractivity contribution in [3.05, 3.63) is 114 Å². The first-order valence-electron chi connectivity index (χ1n) is 17.8. The van der Waals surface area contributed by atoms with E-state index < -0.39 is 35.2 Å². The molecule has 0 bridgehead atoms. The average molecular weight is 927 g/mol. The fourth-order valence-electron chi connectivity index (χ4n) is 6.49. The Morgan fingerprint density at radius 2 is 0.935 bits per heavy atom. The second kappa shape index (κ2) is 15.8. The number of nitrogens with zero attached hydrogens (tertiary/aromatic N) is 6. The summed E-state index contributed by atoms with van der Waals surface area (Å²) >= 11 is 2.23. The molecule has 62 heavy (non-hydrogen) atoms. The number of benzene rings is 6. The molecule has 22 heteroatoms. The minimum atomic E-state index is -4.80. The van der Waals surface area contributed by atoms with Crippen molar-refractivity contribution < 1.29 is 38.9 Å². The zero-order valence-electron chi connectivity index (χ0n) is 32.0. The Morgan fingerprint density at radius 1 is 0.500 bits per heavy atom. The molecule has 7 N–H and O–H groups in total. The van der Waals surface area contributed by atoms with Gasteiger partial charge in [-0.2, -0.15) is 35.5 Å². The van der Waals surface area contributed by atoms with E-state index in [1.165, 1.54) is 24.3 Å². The Bertz CT molecular complexity index is 3540. The van der Waals surface area contributed by atoms with Crippen molar-refractivity contribution in [3.8, 4) is 32.3 Å². The third-order valence-electron chi connectivity index (χ3n) is 9.46. The topological polar surface area (TPSA) is 290 Å². The summed E-state index contributed by atoms with van der Waals surface area (Å²) in [6.07, 6.45) is 0. The molecule has 8 aromatic rings. The number of anilines is 2. The third-order valence-corrected chi connectivity index (χ3v) is 15.0. The number of azo groups is 2. The molecule has 0 spiro atoms. The smallest absolute Gasteiger partial charge is 0.296 e. The molecule has 0 aliphatic heterocycles. The monoisotopic (exact) mass is 926 g/mol. The number of nitrogen functional groups attached to an aromatic ring is 2. The van der Waals surface area contributed by atoms with Gasteiger partial charge in [0, 0.05) is 16.7 Å². The Morgan fingerprint density at radius 3 is 1.37 bits per heavy atom. The van der Waals surface area contributed by atoms with Gasteiger partial charge < -0.3 is 11.5 Å². The van der Waals surface area contributed by atoms with Gasteiger partial charge in [0.1, 0.15) is 36.1 Å². The highest BCUT2D eigenvalue weighted by Crippen LogP contribution is 2.41. The van der Waals surface area contributed by atoms with E-state index in [1.807, 2.05) is 0 Å². The van der Waals surface area contributed by atoms with Crippen LogP contribution in [0.5, 0.6) is 0 Å². The van der Waals surface area contributed by atoms with Crippen LogP contribution in [0.25, 0.3) is 52.7 Å². The zero-order chi connectivity index (χ0) is 44.3. The fourth-order valence-corrected chi connectivity index (χ4v) is 11.9. The van der Waals surface area contributed by atoms with E-state index in [-0.39, 0.29) is 43.7 Å². The standard InChI is InChI=1S/C40H30N8O9S5/c1-20-3-15-30-35(37(20)61(52,53)54)58-39(43-30)22-5-10-25(11-6-22)45-47-32-17-24(9-14-28(32)41)27-18-33(29(42)19-34(27)60(49,50)51)48-46-26-12-7-23(8-13-26)40-44-31-16-4-21(2)38(36(31)59-40)62(55,56)57/h3-19H,41-42H2,1-2H3,(H,49,50,51)(H,52,53,54)(H,55,56,57). The first kappa shape index (κ1) is 42.3. The highest BCUT2D eigenvalue weighted by molar-refractivity contribution is 7.86.